The Morgan fingerprint density at radius 1 is 1.00 bits per heavy atom. The summed E-state index contributed by atoms with van der Waals surface area (Å²) in [7, 11) is 0. The van der Waals surface area contributed by atoms with Crippen molar-refractivity contribution in [3.8, 4) is 16.9 Å². The molecule has 1 aliphatic rings. The van der Waals surface area contributed by atoms with Gasteiger partial charge in [-0.1, -0.05) is 38.1 Å². The number of esters is 1. The van der Waals surface area contributed by atoms with Crippen LogP contribution in [0.5, 0.6) is 5.75 Å². The average Bonchev–Trinajstić information content (AvgIpc) is 3.00. The van der Waals surface area contributed by atoms with Gasteiger partial charge in [-0.05, 0) is 55.2 Å². The number of carbonyl (C=O) groups is 2. The summed E-state index contributed by atoms with van der Waals surface area (Å²) in [4.78, 5) is 31.1. The third kappa shape index (κ3) is 6.47. The minimum atomic E-state index is -0.397. The molecule has 0 aliphatic carbocycles. The van der Waals surface area contributed by atoms with Crippen molar-refractivity contribution in [2.24, 2.45) is 10.7 Å². The zero-order valence-corrected chi connectivity index (χ0v) is 20.2. The van der Waals surface area contributed by atoms with Gasteiger partial charge in [-0.25, -0.2) is 9.79 Å². The van der Waals surface area contributed by atoms with E-state index in [2.05, 4.69) is 18.8 Å². The molecular formula is C27H33N3O4. The first-order valence-corrected chi connectivity index (χ1v) is 11.8. The summed E-state index contributed by atoms with van der Waals surface area (Å²) in [6.07, 6.45) is 4.07. The monoisotopic (exact) mass is 463 g/mol. The molecule has 0 spiro atoms. The quantitative estimate of drug-likeness (QED) is 0.515. The molecule has 2 aromatic carbocycles. The fraction of sp³-hybridized carbons (Fsp3) is 0.370. The van der Waals surface area contributed by atoms with Crippen LogP contribution in [-0.2, 0) is 14.3 Å². The molecule has 0 atom stereocenters. The third-order valence-corrected chi connectivity index (χ3v) is 5.39. The molecule has 7 heteroatoms. The predicted octanol–water partition coefficient (Wildman–Crippen LogP) is 4.72. The predicted molar refractivity (Wildman–Crippen MR) is 135 cm³/mol. The molecule has 0 fully saturated rings. The van der Waals surface area contributed by atoms with Crippen molar-refractivity contribution < 1.29 is 19.1 Å². The van der Waals surface area contributed by atoms with E-state index in [1.807, 2.05) is 53.4 Å². The van der Waals surface area contributed by atoms with Gasteiger partial charge in [0, 0.05) is 30.6 Å². The van der Waals surface area contributed by atoms with Crippen LogP contribution in [0.25, 0.3) is 17.2 Å². The van der Waals surface area contributed by atoms with E-state index in [4.69, 9.17) is 15.2 Å². The van der Waals surface area contributed by atoms with Crippen molar-refractivity contribution in [1.29, 1.82) is 0 Å². The maximum absolute atomic E-state index is 13.1. The van der Waals surface area contributed by atoms with Gasteiger partial charge < -0.3 is 20.1 Å². The summed E-state index contributed by atoms with van der Waals surface area (Å²) in [6, 6.07) is 13.4. The summed E-state index contributed by atoms with van der Waals surface area (Å²) in [6.45, 7) is 7.56. The van der Waals surface area contributed by atoms with Gasteiger partial charge in [-0.2, -0.15) is 0 Å². The summed E-state index contributed by atoms with van der Waals surface area (Å²) in [5, 5.41) is 0. The number of amidine groups is 1. The van der Waals surface area contributed by atoms with Crippen LogP contribution in [0.4, 0.5) is 5.69 Å². The maximum Gasteiger partial charge on any atom is 0.344 e. The van der Waals surface area contributed by atoms with Crippen molar-refractivity contribution in [1.82, 2.24) is 4.90 Å². The van der Waals surface area contributed by atoms with Gasteiger partial charge in [0.15, 0.2) is 6.61 Å². The number of nitrogens with two attached hydrogens (primary N) is 1. The lowest BCUT2D eigenvalue weighted by Crippen LogP contribution is -2.34. The highest BCUT2D eigenvalue weighted by atomic mass is 16.6. The van der Waals surface area contributed by atoms with Crippen LogP contribution in [0.15, 0.2) is 53.0 Å². The van der Waals surface area contributed by atoms with E-state index in [0.29, 0.717) is 30.2 Å². The number of carbonyl (C=O) groups excluding carboxylic acids is 2. The molecule has 0 saturated carbocycles. The molecule has 1 heterocycles. The highest BCUT2D eigenvalue weighted by molar-refractivity contribution is 6.05. The minimum Gasteiger partial charge on any atom is -0.482 e. The fourth-order valence-corrected chi connectivity index (χ4v) is 3.85. The normalized spacial score (nSPS) is 12.7. The van der Waals surface area contributed by atoms with Gasteiger partial charge in [0.05, 0.1) is 12.3 Å². The number of aliphatic imine (C=N–C) groups is 1. The molecule has 7 nitrogen and oxygen atoms in total. The number of fused-ring (bicyclic) bond motifs is 1. The first kappa shape index (κ1) is 25.0. The summed E-state index contributed by atoms with van der Waals surface area (Å²) in [5.74, 6) is 0.637. The molecule has 0 aromatic heterocycles. The highest BCUT2D eigenvalue weighted by Gasteiger charge is 2.21. The molecule has 0 bridgehead atoms. The second kappa shape index (κ2) is 12.0. The van der Waals surface area contributed by atoms with Crippen molar-refractivity contribution in [3.63, 3.8) is 0 Å². The molecule has 1 aliphatic heterocycles. The van der Waals surface area contributed by atoms with E-state index in [1.54, 1.807) is 6.92 Å². The van der Waals surface area contributed by atoms with E-state index in [9.17, 15) is 9.59 Å². The Morgan fingerprint density at radius 3 is 2.32 bits per heavy atom. The zero-order chi connectivity index (χ0) is 24.5. The molecular weight excluding hydrogens is 430 g/mol. The topological polar surface area (TPSA) is 94.2 Å². The van der Waals surface area contributed by atoms with Gasteiger partial charge in [0.25, 0.3) is 0 Å². The summed E-state index contributed by atoms with van der Waals surface area (Å²) >= 11 is 0. The Labute approximate surface area is 201 Å². The molecule has 2 aromatic rings. The van der Waals surface area contributed by atoms with Crippen LogP contribution in [0.1, 0.15) is 45.6 Å². The Balaban J connectivity index is 1.81. The first-order valence-electron chi connectivity index (χ1n) is 11.8. The smallest absolute Gasteiger partial charge is 0.344 e. The summed E-state index contributed by atoms with van der Waals surface area (Å²) in [5.41, 5.74) is 10.4. The van der Waals surface area contributed by atoms with Crippen LogP contribution in [0.3, 0.4) is 0 Å². The lowest BCUT2D eigenvalue weighted by atomic mass is 10.0. The summed E-state index contributed by atoms with van der Waals surface area (Å²) < 4.78 is 10.3. The van der Waals surface area contributed by atoms with Crippen molar-refractivity contribution in [2.75, 3.05) is 26.3 Å². The Morgan fingerprint density at radius 2 is 1.68 bits per heavy atom. The molecule has 0 unspecified atom stereocenters. The van der Waals surface area contributed by atoms with Crippen LogP contribution in [-0.4, -0.2) is 48.9 Å². The Kier molecular flexibility index (Phi) is 8.85. The van der Waals surface area contributed by atoms with E-state index >= 15 is 0 Å². The van der Waals surface area contributed by atoms with Crippen LogP contribution in [0, 0.1) is 0 Å². The first-order chi connectivity index (χ1) is 16.4. The van der Waals surface area contributed by atoms with Gasteiger partial charge in [0.2, 0.25) is 5.91 Å². The van der Waals surface area contributed by atoms with Gasteiger partial charge >= 0.3 is 5.97 Å². The van der Waals surface area contributed by atoms with Crippen LogP contribution >= 0.6 is 0 Å². The van der Waals surface area contributed by atoms with E-state index < -0.39 is 5.97 Å². The molecule has 1 amide bonds. The number of nitrogens with zero attached hydrogens (tertiary/aromatic N) is 2. The van der Waals surface area contributed by atoms with E-state index in [1.165, 1.54) is 0 Å². The molecule has 180 valence electrons. The van der Waals surface area contributed by atoms with Crippen LogP contribution in [0.2, 0.25) is 0 Å². The minimum absolute atomic E-state index is 0.0252. The lowest BCUT2D eigenvalue weighted by Gasteiger charge is -2.22. The number of rotatable bonds is 10. The number of hydrogen-bond donors (Lipinski definition) is 1. The zero-order valence-electron chi connectivity index (χ0n) is 20.2. The van der Waals surface area contributed by atoms with Crippen molar-refractivity contribution in [3.05, 3.63) is 53.6 Å². The van der Waals surface area contributed by atoms with Gasteiger partial charge in [-0.15, -0.1) is 0 Å². The van der Waals surface area contributed by atoms with Gasteiger partial charge in [-0.3, -0.25) is 4.79 Å². The molecule has 0 radical (unpaired) electrons. The molecule has 0 saturated heterocycles. The van der Waals surface area contributed by atoms with Gasteiger partial charge in [0.1, 0.15) is 11.6 Å². The Bertz CT molecular complexity index is 1070. The SMILES string of the molecule is CCCN(CCC)C(=O)C1=Cc2ccc(-c3ccc(OCC(=O)OCC)cc3)cc2N=C(N)C1. The number of ether oxygens (including phenoxy) is 2. The van der Waals surface area contributed by atoms with E-state index in [-0.39, 0.29) is 12.5 Å². The van der Waals surface area contributed by atoms with Crippen LogP contribution < -0.4 is 10.5 Å². The Hall–Kier alpha value is -3.61. The lowest BCUT2D eigenvalue weighted by molar-refractivity contribution is -0.145. The highest BCUT2D eigenvalue weighted by Crippen LogP contribution is 2.32. The number of amides is 1. The molecule has 2 N–H and O–H groups in total. The van der Waals surface area contributed by atoms with Crippen molar-refractivity contribution in [2.45, 2.75) is 40.0 Å². The second-order valence-corrected chi connectivity index (χ2v) is 8.13. The average molecular weight is 464 g/mol. The largest absolute Gasteiger partial charge is 0.482 e. The van der Waals surface area contributed by atoms with Crippen molar-refractivity contribution >= 4 is 29.5 Å². The molecule has 3 rings (SSSR count). The maximum atomic E-state index is 13.1. The second-order valence-electron chi connectivity index (χ2n) is 8.13. The van der Waals surface area contributed by atoms with E-state index in [0.717, 1.165) is 48.3 Å². The number of benzene rings is 2. The number of hydrogen-bond acceptors (Lipinski definition) is 6. The molecule has 34 heavy (non-hydrogen) atoms. The third-order valence-electron chi connectivity index (χ3n) is 5.39. The standard InChI is InChI=1S/C27H33N3O4/c1-4-13-30(14-5-2)27(32)22-15-21-8-7-20(16-24(21)29-25(28)17-22)19-9-11-23(12-10-19)34-18-26(31)33-6-3/h7-12,15-16H,4-6,13-14,17-18H2,1-3H3,(H2,28,29). The fourth-order valence-electron chi connectivity index (χ4n) is 3.85.